The van der Waals surface area contributed by atoms with Gasteiger partial charge in [-0.05, 0) is 55.7 Å². The second kappa shape index (κ2) is 8.67. The summed E-state index contributed by atoms with van der Waals surface area (Å²) in [5, 5.41) is 1.06. The number of para-hydroxylation sites is 1. The molecular formula is C20H18FNO3S. The fraction of sp³-hybridized carbons (Fsp3) is 0.250. The number of Topliss-reactive ketones (excluding diaryl/α,β-unsaturated/α-hetero) is 1. The van der Waals surface area contributed by atoms with Crippen molar-refractivity contribution in [1.82, 2.24) is 4.98 Å². The van der Waals surface area contributed by atoms with E-state index in [9.17, 15) is 14.0 Å². The highest BCUT2D eigenvalue weighted by atomic mass is 32.1. The molecule has 0 atom stereocenters. The number of hydrogen-bond acceptors (Lipinski definition) is 5. The van der Waals surface area contributed by atoms with Gasteiger partial charge in [-0.25, -0.2) is 9.37 Å². The zero-order valence-electron chi connectivity index (χ0n) is 14.1. The smallest absolute Gasteiger partial charge is 0.306 e. The molecule has 2 aromatic carbocycles. The first-order chi connectivity index (χ1) is 12.6. The molecule has 6 heteroatoms. The Balaban J connectivity index is 1.36. The number of hydrogen-bond donors (Lipinski definition) is 0. The molecule has 3 aromatic rings. The molecule has 0 aliphatic heterocycles. The molecule has 3 rings (SSSR count). The Hall–Kier alpha value is -2.60. The first kappa shape index (κ1) is 18.2. The molecule has 0 fully saturated rings. The van der Waals surface area contributed by atoms with E-state index in [0.29, 0.717) is 12.0 Å². The minimum Gasteiger partial charge on any atom is -0.457 e. The van der Waals surface area contributed by atoms with Crippen molar-refractivity contribution in [2.45, 2.75) is 25.7 Å². The molecule has 0 aliphatic carbocycles. The van der Waals surface area contributed by atoms with Gasteiger partial charge in [-0.1, -0.05) is 12.1 Å². The molecule has 0 radical (unpaired) electrons. The summed E-state index contributed by atoms with van der Waals surface area (Å²) in [5.41, 5.74) is 1.33. The van der Waals surface area contributed by atoms with Crippen LogP contribution in [0.25, 0.3) is 10.2 Å². The van der Waals surface area contributed by atoms with Gasteiger partial charge < -0.3 is 4.74 Å². The third-order valence-electron chi connectivity index (χ3n) is 3.89. The van der Waals surface area contributed by atoms with Crippen molar-refractivity contribution in [2.24, 2.45) is 0 Å². The van der Waals surface area contributed by atoms with Crippen LogP contribution in [0.2, 0.25) is 0 Å². The minimum absolute atomic E-state index is 0.265. The molecule has 1 heterocycles. The number of ether oxygens (including phenoxy) is 1. The van der Waals surface area contributed by atoms with E-state index in [-0.39, 0.29) is 18.8 Å². The van der Waals surface area contributed by atoms with Crippen molar-refractivity contribution >= 4 is 33.3 Å². The Bertz CT molecular complexity index is 872. The van der Waals surface area contributed by atoms with Gasteiger partial charge in [0.05, 0.1) is 15.2 Å². The average molecular weight is 371 g/mol. The highest BCUT2D eigenvalue weighted by molar-refractivity contribution is 7.18. The first-order valence-corrected chi connectivity index (χ1v) is 9.22. The molecule has 0 bridgehead atoms. The lowest BCUT2D eigenvalue weighted by atomic mass is 10.1. The molecule has 0 N–H and O–H groups in total. The second-order valence-corrected chi connectivity index (χ2v) is 6.99. The lowest BCUT2D eigenvalue weighted by Crippen LogP contribution is -2.14. The zero-order chi connectivity index (χ0) is 18.4. The van der Waals surface area contributed by atoms with Gasteiger partial charge >= 0.3 is 5.97 Å². The van der Waals surface area contributed by atoms with Crippen LogP contribution in [-0.4, -0.2) is 23.3 Å². The maximum Gasteiger partial charge on any atom is 0.306 e. The highest BCUT2D eigenvalue weighted by Gasteiger charge is 2.10. The van der Waals surface area contributed by atoms with Crippen molar-refractivity contribution in [1.29, 1.82) is 0 Å². The summed E-state index contributed by atoms with van der Waals surface area (Å²) in [6, 6.07) is 13.2. The number of aryl methyl sites for hydroxylation is 1. The van der Waals surface area contributed by atoms with Crippen LogP contribution in [0.3, 0.4) is 0 Å². The molecule has 1 aromatic heterocycles. The third-order valence-corrected chi connectivity index (χ3v) is 4.99. The number of rotatable bonds is 8. The molecule has 0 unspecified atom stereocenters. The van der Waals surface area contributed by atoms with Crippen LogP contribution in [-0.2, 0) is 16.0 Å². The number of unbranched alkanes of at least 4 members (excludes halogenated alkanes) is 1. The number of fused-ring (bicyclic) bond motifs is 1. The van der Waals surface area contributed by atoms with Crippen molar-refractivity contribution in [2.75, 3.05) is 6.61 Å². The number of thiazole rings is 1. The zero-order valence-corrected chi connectivity index (χ0v) is 14.9. The van der Waals surface area contributed by atoms with Crippen molar-refractivity contribution in [3.05, 3.63) is 64.9 Å². The monoisotopic (exact) mass is 371 g/mol. The molecule has 4 nitrogen and oxygen atoms in total. The van der Waals surface area contributed by atoms with E-state index in [2.05, 4.69) is 4.98 Å². The predicted octanol–water partition coefficient (Wildman–Crippen LogP) is 4.57. The summed E-state index contributed by atoms with van der Waals surface area (Å²) < 4.78 is 19.0. The molecule has 0 saturated heterocycles. The maximum atomic E-state index is 12.8. The lowest BCUT2D eigenvalue weighted by molar-refractivity contribution is -0.142. The fourth-order valence-corrected chi connectivity index (χ4v) is 3.52. The van der Waals surface area contributed by atoms with Crippen LogP contribution in [0.15, 0.2) is 48.5 Å². The summed E-state index contributed by atoms with van der Waals surface area (Å²) in [4.78, 5) is 28.2. The molecule has 134 valence electrons. The molecule has 0 aliphatic rings. The Labute approximate surface area is 154 Å². The van der Waals surface area contributed by atoms with E-state index in [0.717, 1.165) is 23.4 Å². The third kappa shape index (κ3) is 4.95. The van der Waals surface area contributed by atoms with Crippen molar-refractivity contribution in [3.63, 3.8) is 0 Å². The number of aromatic nitrogens is 1. The van der Waals surface area contributed by atoms with E-state index >= 15 is 0 Å². The normalized spacial score (nSPS) is 10.8. The van der Waals surface area contributed by atoms with Gasteiger partial charge in [-0.15, -0.1) is 11.3 Å². The molecule has 26 heavy (non-hydrogen) atoms. The van der Waals surface area contributed by atoms with Gasteiger partial charge in [0, 0.05) is 12.0 Å². The molecule has 0 spiro atoms. The predicted molar refractivity (Wildman–Crippen MR) is 98.9 cm³/mol. The standard InChI is InChI=1S/C20H18FNO3S/c21-15-11-9-14(10-12-15)17(23)13-25-20(24)8-4-3-7-19-22-16-5-1-2-6-18(16)26-19/h1-2,5-6,9-12H,3-4,7-8,13H2. The molecule has 0 amide bonds. The van der Waals surface area contributed by atoms with Gasteiger partial charge in [-0.2, -0.15) is 0 Å². The number of halogens is 1. The first-order valence-electron chi connectivity index (χ1n) is 8.40. The van der Waals surface area contributed by atoms with E-state index in [1.807, 2.05) is 24.3 Å². The van der Waals surface area contributed by atoms with Gasteiger partial charge in [0.2, 0.25) is 0 Å². The Morgan fingerprint density at radius 2 is 1.81 bits per heavy atom. The van der Waals surface area contributed by atoms with Gasteiger partial charge in [-0.3, -0.25) is 9.59 Å². The quantitative estimate of drug-likeness (QED) is 0.331. The maximum absolute atomic E-state index is 12.8. The van der Waals surface area contributed by atoms with Crippen LogP contribution < -0.4 is 0 Å². The van der Waals surface area contributed by atoms with Gasteiger partial charge in [0.1, 0.15) is 5.82 Å². The second-order valence-electron chi connectivity index (χ2n) is 5.87. The van der Waals surface area contributed by atoms with Crippen LogP contribution in [0.5, 0.6) is 0 Å². The average Bonchev–Trinajstić information content (AvgIpc) is 3.06. The number of carbonyl (C=O) groups is 2. The van der Waals surface area contributed by atoms with Crippen molar-refractivity contribution in [3.8, 4) is 0 Å². The van der Waals surface area contributed by atoms with Crippen molar-refractivity contribution < 1.29 is 18.7 Å². The Morgan fingerprint density at radius 1 is 1.04 bits per heavy atom. The summed E-state index contributed by atoms with van der Waals surface area (Å²) in [6.07, 6.45) is 2.60. The summed E-state index contributed by atoms with van der Waals surface area (Å²) in [5.74, 6) is -1.15. The number of nitrogens with zero attached hydrogens (tertiary/aromatic N) is 1. The fourth-order valence-electron chi connectivity index (χ4n) is 2.51. The van der Waals surface area contributed by atoms with Crippen LogP contribution >= 0.6 is 11.3 Å². The summed E-state index contributed by atoms with van der Waals surface area (Å²) in [6.45, 7) is -0.317. The van der Waals surface area contributed by atoms with Crippen LogP contribution in [0.4, 0.5) is 4.39 Å². The van der Waals surface area contributed by atoms with E-state index < -0.39 is 11.8 Å². The number of benzene rings is 2. The Kier molecular flexibility index (Phi) is 6.07. The highest BCUT2D eigenvalue weighted by Crippen LogP contribution is 2.22. The van der Waals surface area contributed by atoms with E-state index in [1.165, 1.54) is 29.0 Å². The topological polar surface area (TPSA) is 56.3 Å². The summed E-state index contributed by atoms with van der Waals surface area (Å²) >= 11 is 1.67. The number of carbonyl (C=O) groups excluding carboxylic acids is 2. The molecule has 0 saturated carbocycles. The van der Waals surface area contributed by atoms with Gasteiger partial charge in [0.15, 0.2) is 12.4 Å². The van der Waals surface area contributed by atoms with Crippen LogP contribution in [0, 0.1) is 5.82 Å². The van der Waals surface area contributed by atoms with E-state index in [1.54, 1.807) is 11.3 Å². The summed E-state index contributed by atoms with van der Waals surface area (Å²) in [7, 11) is 0. The number of esters is 1. The largest absolute Gasteiger partial charge is 0.457 e. The lowest BCUT2D eigenvalue weighted by Gasteiger charge is -2.04. The van der Waals surface area contributed by atoms with Crippen LogP contribution in [0.1, 0.15) is 34.6 Å². The Morgan fingerprint density at radius 3 is 2.58 bits per heavy atom. The molecular weight excluding hydrogens is 353 g/mol. The van der Waals surface area contributed by atoms with Gasteiger partial charge in [0.25, 0.3) is 0 Å². The number of ketones is 1. The van der Waals surface area contributed by atoms with E-state index in [4.69, 9.17) is 4.74 Å². The SMILES string of the molecule is O=C(CCCCc1nc2ccccc2s1)OCC(=O)c1ccc(F)cc1. The minimum atomic E-state index is -0.410.